The molecule has 1 heterocycles. The first-order valence-corrected chi connectivity index (χ1v) is 8.42. The monoisotopic (exact) mass is 354 g/mol. The summed E-state index contributed by atoms with van der Waals surface area (Å²) in [6, 6.07) is 13.0. The number of methoxy groups -OCH3 is 1. The van der Waals surface area contributed by atoms with E-state index in [2.05, 4.69) is 5.32 Å². The third-order valence-corrected chi connectivity index (χ3v) is 4.34. The van der Waals surface area contributed by atoms with E-state index in [9.17, 15) is 9.59 Å². The summed E-state index contributed by atoms with van der Waals surface area (Å²) in [4.78, 5) is 26.4. The molecule has 2 amide bonds. The molecular formula is C20H22N2O4. The molecule has 0 saturated heterocycles. The Bertz CT molecular complexity index is 834. The average molecular weight is 354 g/mol. The van der Waals surface area contributed by atoms with E-state index < -0.39 is 6.10 Å². The van der Waals surface area contributed by atoms with E-state index in [4.69, 9.17) is 9.47 Å². The van der Waals surface area contributed by atoms with Crippen molar-refractivity contribution in [3.8, 4) is 11.5 Å². The highest BCUT2D eigenvalue weighted by Crippen LogP contribution is 2.30. The minimum absolute atomic E-state index is 0.0230. The van der Waals surface area contributed by atoms with Crippen molar-refractivity contribution in [1.82, 2.24) is 4.90 Å². The molecule has 6 heteroatoms. The first-order chi connectivity index (χ1) is 12.5. The molecule has 0 aromatic heterocycles. The topological polar surface area (TPSA) is 67.9 Å². The minimum Gasteiger partial charge on any atom is -0.496 e. The van der Waals surface area contributed by atoms with Crippen LogP contribution in [0, 0.1) is 6.92 Å². The maximum absolute atomic E-state index is 12.6. The molecular weight excluding hydrogens is 332 g/mol. The lowest BCUT2D eigenvalue weighted by atomic mass is 10.1. The van der Waals surface area contributed by atoms with Gasteiger partial charge in [-0.2, -0.15) is 0 Å². The van der Waals surface area contributed by atoms with Gasteiger partial charge in [0, 0.05) is 19.2 Å². The van der Waals surface area contributed by atoms with Crippen molar-refractivity contribution < 1.29 is 19.1 Å². The van der Waals surface area contributed by atoms with Gasteiger partial charge in [0.05, 0.1) is 19.2 Å². The number of para-hydroxylation sites is 2. The van der Waals surface area contributed by atoms with Gasteiger partial charge in [-0.3, -0.25) is 9.59 Å². The summed E-state index contributed by atoms with van der Waals surface area (Å²) in [6.07, 6.45) is -0.857. The number of hydrogen-bond donors (Lipinski definition) is 1. The molecule has 0 saturated carbocycles. The zero-order valence-corrected chi connectivity index (χ0v) is 15.1. The number of carbonyl (C=O) groups excluding carboxylic acids is 2. The first-order valence-electron chi connectivity index (χ1n) is 8.42. The molecule has 1 aliphatic rings. The molecule has 0 radical (unpaired) electrons. The number of fused-ring (bicyclic) bond motifs is 1. The molecule has 0 aliphatic carbocycles. The third kappa shape index (κ3) is 3.79. The Morgan fingerprint density at radius 1 is 1.27 bits per heavy atom. The fourth-order valence-corrected chi connectivity index (χ4v) is 2.92. The van der Waals surface area contributed by atoms with E-state index in [1.54, 1.807) is 31.2 Å². The maximum Gasteiger partial charge on any atom is 0.266 e. The Morgan fingerprint density at radius 2 is 2.04 bits per heavy atom. The second-order valence-electron chi connectivity index (χ2n) is 6.36. The van der Waals surface area contributed by atoms with Crippen LogP contribution in [0.5, 0.6) is 11.5 Å². The van der Waals surface area contributed by atoms with Crippen molar-refractivity contribution in [1.29, 1.82) is 0 Å². The smallest absolute Gasteiger partial charge is 0.266 e. The maximum atomic E-state index is 12.6. The molecule has 0 unspecified atom stereocenters. The van der Waals surface area contributed by atoms with Crippen molar-refractivity contribution in [3.63, 3.8) is 0 Å². The van der Waals surface area contributed by atoms with Crippen LogP contribution < -0.4 is 14.8 Å². The Morgan fingerprint density at radius 3 is 2.81 bits per heavy atom. The van der Waals surface area contributed by atoms with Crippen LogP contribution in [0.2, 0.25) is 0 Å². The Labute approximate surface area is 152 Å². The van der Waals surface area contributed by atoms with E-state index in [0.717, 1.165) is 16.9 Å². The van der Waals surface area contributed by atoms with Crippen molar-refractivity contribution in [3.05, 3.63) is 53.6 Å². The molecule has 2 aromatic carbocycles. The van der Waals surface area contributed by atoms with Gasteiger partial charge in [-0.25, -0.2) is 0 Å². The van der Waals surface area contributed by atoms with Crippen LogP contribution in [0.25, 0.3) is 0 Å². The van der Waals surface area contributed by atoms with Gasteiger partial charge in [-0.1, -0.05) is 29.8 Å². The van der Waals surface area contributed by atoms with Crippen LogP contribution in [0.1, 0.15) is 17.5 Å². The summed E-state index contributed by atoms with van der Waals surface area (Å²) in [7, 11) is 3.31. The SMILES string of the molecule is COc1ccc(C)cc1CN(C)C(=O)C[C@H]1Oc2ccccc2NC1=O. The van der Waals surface area contributed by atoms with Crippen LogP contribution >= 0.6 is 0 Å². The minimum atomic E-state index is -0.834. The van der Waals surface area contributed by atoms with E-state index in [0.29, 0.717) is 18.0 Å². The molecule has 136 valence electrons. The molecule has 26 heavy (non-hydrogen) atoms. The Balaban J connectivity index is 1.67. The van der Waals surface area contributed by atoms with Gasteiger partial charge in [-0.15, -0.1) is 0 Å². The molecule has 1 aliphatic heterocycles. The second-order valence-corrected chi connectivity index (χ2v) is 6.36. The highest BCUT2D eigenvalue weighted by Gasteiger charge is 2.30. The number of carbonyl (C=O) groups is 2. The lowest BCUT2D eigenvalue weighted by molar-refractivity contribution is -0.136. The molecule has 3 rings (SSSR count). The molecule has 0 fully saturated rings. The molecule has 0 spiro atoms. The average Bonchev–Trinajstić information content (AvgIpc) is 2.62. The van der Waals surface area contributed by atoms with Gasteiger partial charge in [0.25, 0.3) is 5.91 Å². The molecule has 1 atom stereocenters. The quantitative estimate of drug-likeness (QED) is 0.896. The van der Waals surface area contributed by atoms with Gasteiger partial charge in [-0.05, 0) is 25.1 Å². The predicted molar refractivity (Wildman–Crippen MR) is 98.3 cm³/mol. The standard InChI is InChI=1S/C20H22N2O4/c1-13-8-9-16(25-3)14(10-13)12-22(2)19(23)11-18-20(24)21-15-6-4-5-7-17(15)26-18/h4-10,18H,11-12H2,1-3H3,(H,21,24)/t18-/m1/s1. The molecule has 2 aromatic rings. The van der Waals surface area contributed by atoms with Crippen molar-refractivity contribution in [2.45, 2.75) is 26.0 Å². The van der Waals surface area contributed by atoms with Gasteiger partial charge in [0.15, 0.2) is 6.10 Å². The summed E-state index contributed by atoms with van der Waals surface area (Å²) in [5, 5.41) is 2.77. The largest absolute Gasteiger partial charge is 0.496 e. The Hall–Kier alpha value is -3.02. The number of benzene rings is 2. The molecule has 1 N–H and O–H groups in total. The predicted octanol–water partition coefficient (Wildman–Crippen LogP) is 2.75. The van der Waals surface area contributed by atoms with E-state index in [1.807, 2.05) is 37.3 Å². The van der Waals surface area contributed by atoms with Gasteiger partial charge in [0.2, 0.25) is 5.91 Å². The lowest BCUT2D eigenvalue weighted by Crippen LogP contribution is -2.41. The molecule has 6 nitrogen and oxygen atoms in total. The van der Waals surface area contributed by atoms with Gasteiger partial charge in [0.1, 0.15) is 11.5 Å². The molecule has 0 bridgehead atoms. The van der Waals surface area contributed by atoms with Crippen LogP contribution in [0.4, 0.5) is 5.69 Å². The summed E-state index contributed by atoms with van der Waals surface area (Å²) in [5.74, 6) is 0.829. The summed E-state index contributed by atoms with van der Waals surface area (Å²) in [5.41, 5.74) is 2.63. The van der Waals surface area contributed by atoms with Crippen LogP contribution in [-0.4, -0.2) is 37.0 Å². The fraction of sp³-hybridized carbons (Fsp3) is 0.300. The number of rotatable bonds is 5. The first kappa shape index (κ1) is 17.8. The highest BCUT2D eigenvalue weighted by molar-refractivity contribution is 5.99. The summed E-state index contributed by atoms with van der Waals surface area (Å²) in [6.45, 7) is 2.39. The zero-order valence-electron chi connectivity index (χ0n) is 15.1. The van der Waals surface area contributed by atoms with Crippen LogP contribution in [-0.2, 0) is 16.1 Å². The number of ether oxygens (including phenoxy) is 2. The number of nitrogens with one attached hydrogen (secondary N) is 1. The zero-order chi connectivity index (χ0) is 18.7. The highest BCUT2D eigenvalue weighted by atomic mass is 16.5. The van der Waals surface area contributed by atoms with E-state index in [1.165, 1.54) is 0 Å². The lowest BCUT2D eigenvalue weighted by Gasteiger charge is -2.27. The third-order valence-electron chi connectivity index (χ3n) is 4.34. The second kappa shape index (κ2) is 7.47. The summed E-state index contributed by atoms with van der Waals surface area (Å²) < 4.78 is 11.1. The van der Waals surface area contributed by atoms with Gasteiger partial charge >= 0.3 is 0 Å². The fourth-order valence-electron chi connectivity index (χ4n) is 2.92. The van der Waals surface area contributed by atoms with Crippen molar-refractivity contribution >= 4 is 17.5 Å². The van der Waals surface area contributed by atoms with E-state index in [-0.39, 0.29) is 18.2 Å². The van der Waals surface area contributed by atoms with Crippen molar-refractivity contribution in [2.75, 3.05) is 19.5 Å². The number of nitrogens with zero attached hydrogens (tertiary/aromatic N) is 1. The van der Waals surface area contributed by atoms with E-state index >= 15 is 0 Å². The number of anilines is 1. The number of amides is 2. The van der Waals surface area contributed by atoms with Crippen LogP contribution in [0.3, 0.4) is 0 Å². The Kier molecular flexibility index (Phi) is 5.11. The number of aryl methyl sites for hydroxylation is 1. The normalized spacial score (nSPS) is 15.5. The van der Waals surface area contributed by atoms with Gasteiger partial charge < -0.3 is 19.7 Å². The van der Waals surface area contributed by atoms with Crippen LogP contribution in [0.15, 0.2) is 42.5 Å². The summed E-state index contributed by atoms with van der Waals surface area (Å²) >= 11 is 0. The number of hydrogen-bond acceptors (Lipinski definition) is 4. The van der Waals surface area contributed by atoms with Crippen molar-refractivity contribution in [2.24, 2.45) is 0 Å².